The highest BCUT2D eigenvalue weighted by Crippen LogP contribution is 2.28. The van der Waals surface area contributed by atoms with Crippen molar-refractivity contribution in [1.29, 1.82) is 5.26 Å². The maximum Gasteiger partial charge on any atom is 0.251 e. The number of nitrogens with one attached hydrogen (secondary N) is 2. The minimum Gasteiger partial charge on any atom is -0.346 e. The van der Waals surface area contributed by atoms with Crippen molar-refractivity contribution in [2.45, 2.75) is 24.8 Å². The van der Waals surface area contributed by atoms with Gasteiger partial charge in [-0.2, -0.15) is 5.26 Å². The van der Waals surface area contributed by atoms with Gasteiger partial charge in [0.1, 0.15) is 5.01 Å². The lowest BCUT2D eigenvalue weighted by Gasteiger charge is -2.07. The van der Waals surface area contributed by atoms with Gasteiger partial charge in [-0.3, -0.25) is 4.79 Å². The highest BCUT2D eigenvalue weighted by molar-refractivity contribution is 7.89. The number of sulfonamides is 1. The number of rotatable bonds is 8. The molecule has 0 saturated carbocycles. The number of amides is 1. The number of carbonyl (C=O) groups excluding carboxylic acids is 1. The Balaban J connectivity index is 1.63. The average molecular weight is 475 g/mol. The Morgan fingerprint density at radius 1 is 1.16 bits per heavy atom. The van der Waals surface area contributed by atoms with Gasteiger partial charge in [-0.1, -0.05) is 23.7 Å². The third-order valence-corrected chi connectivity index (χ3v) is 7.01. The molecule has 10 heteroatoms. The second-order valence-corrected chi connectivity index (χ2v) is 10.0. The standard InChI is InChI=1S/C21H19ClN4O3S2/c1-14-20(15-3-7-17(22)8-4-15)26-19(30-14)13-24-21(27)16-5-9-18(10-6-16)31(28,29)25-12-2-11-23/h3-10,25H,2,12-13H2,1H3,(H,24,27). The average Bonchev–Trinajstić information content (AvgIpc) is 3.13. The van der Waals surface area contributed by atoms with E-state index in [0.29, 0.717) is 10.6 Å². The summed E-state index contributed by atoms with van der Waals surface area (Å²) in [6.07, 6.45) is 0.0790. The van der Waals surface area contributed by atoms with Crippen molar-refractivity contribution < 1.29 is 13.2 Å². The topological polar surface area (TPSA) is 112 Å². The summed E-state index contributed by atoms with van der Waals surface area (Å²) < 4.78 is 26.6. The lowest BCUT2D eigenvalue weighted by Crippen LogP contribution is -2.25. The smallest absolute Gasteiger partial charge is 0.251 e. The molecule has 0 aliphatic carbocycles. The van der Waals surface area contributed by atoms with Crippen LogP contribution in [0, 0.1) is 18.3 Å². The van der Waals surface area contributed by atoms with E-state index in [4.69, 9.17) is 16.9 Å². The first-order chi connectivity index (χ1) is 14.8. The predicted molar refractivity (Wildman–Crippen MR) is 120 cm³/mol. The van der Waals surface area contributed by atoms with Gasteiger partial charge in [-0.15, -0.1) is 11.3 Å². The molecule has 1 amide bonds. The lowest BCUT2D eigenvalue weighted by atomic mass is 10.1. The molecular formula is C21H19ClN4O3S2. The zero-order chi connectivity index (χ0) is 22.4. The molecule has 7 nitrogen and oxygen atoms in total. The molecule has 0 bridgehead atoms. The summed E-state index contributed by atoms with van der Waals surface area (Å²) in [5, 5.41) is 12.7. The fraction of sp³-hybridized carbons (Fsp3) is 0.190. The monoisotopic (exact) mass is 474 g/mol. The van der Waals surface area contributed by atoms with E-state index in [1.165, 1.54) is 35.6 Å². The van der Waals surface area contributed by atoms with Crippen LogP contribution in [0.15, 0.2) is 53.4 Å². The van der Waals surface area contributed by atoms with Gasteiger partial charge < -0.3 is 5.32 Å². The van der Waals surface area contributed by atoms with Crippen molar-refractivity contribution in [2.75, 3.05) is 6.54 Å². The number of aryl methyl sites for hydroxylation is 1. The summed E-state index contributed by atoms with van der Waals surface area (Å²) in [7, 11) is -3.71. The number of thiazole rings is 1. The van der Waals surface area contributed by atoms with E-state index in [0.717, 1.165) is 21.1 Å². The summed E-state index contributed by atoms with van der Waals surface area (Å²) in [5.41, 5.74) is 2.14. The quantitative estimate of drug-likeness (QED) is 0.481. The normalized spacial score (nSPS) is 11.1. The predicted octanol–water partition coefficient (Wildman–Crippen LogP) is 3.89. The molecular weight excluding hydrogens is 456 g/mol. The Morgan fingerprint density at radius 2 is 1.84 bits per heavy atom. The number of hydrogen-bond acceptors (Lipinski definition) is 6. The van der Waals surface area contributed by atoms with Crippen LogP contribution in [0.5, 0.6) is 0 Å². The fourth-order valence-electron chi connectivity index (χ4n) is 2.77. The van der Waals surface area contributed by atoms with Crippen LogP contribution in [0.2, 0.25) is 5.02 Å². The first kappa shape index (κ1) is 22.9. The number of halogens is 1. The number of hydrogen-bond donors (Lipinski definition) is 2. The third kappa shape index (κ3) is 5.89. The number of nitrogens with zero attached hydrogens (tertiary/aromatic N) is 2. The Morgan fingerprint density at radius 3 is 2.48 bits per heavy atom. The van der Waals surface area contributed by atoms with Crippen LogP contribution in [0.25, 0.3) is 11.3 Å². The summed E-state index contributed by atoms with van der Waals surface area (Å²) in [6, 6.07) is 14.9. The summed E-state index contributed by atoms with van der Waals surface area (Å²) in [6.45, 7) is 2.26. The molecule has 0 saturated heterocycles. The van der Waals surface area contributed by atoms with Crippen molar-refractivity contribution in [2.24, 2.45) is 0 Å². The maximum atomic E-state index is 12.4. The van der Waals surface area contributed by atoms with Crippen molar-refractivity contribution in [1.82, 2.24) is 15.0 Å². The first-order valence-electron chi connectivity index (χ1n) is 9.27. The van der Waals surface area contributed by atoms with E-state index >= 15 is 0 Å². The fourth-order valence-corrected chi connectivity index (χ4v) is 4.82. The first-order valence-corrected chi connectivity index (χ1v) is 11.9. The molecule has 0 aliphatic rings. The van der Waals surface area contributed by atoms with Crippen LogP contribution in [0.1, 0.15) is 26.7 Å². The molecule has 160 valence electrons. The highest BCUT2D eigenvalue weighted by atomic mass is 35.5. The van der Waals surface area contributed by atoms with Crippen LogP contribution in [0.3, 0.4) is 0 Å². The molecule has 0 atom stereocenters. The van der Waals surface area contributed by atoms with Gasteiger partial charge in [0.15, 0.2) is 0 Å². The van der Waals surface area contributed by atoms with Crippen LogP contribution >= 0.6 is 22.9 Å². The van der Waals surface area contributed by atoms with Crippen LogP contribution in [-0.2, 0) is 16.6 Å². The largest absolute Gasteiger partial charge is 0.346 e. The Labute approximate surface area is 189 Å². The Bertz CT molecular complexity index is 1220. The lowest BCUT2D eigenvalue weighted by molar-refractivity contribution is 0.0950. The van der Waals surface area contributed by atoms with E-state index in [9.17, 15) is 13.2 Å². The Hall–Kier alpha value is -2.77. The molecule has 0 fully saturated rings. The van der Waals surface area contributed by atoms with Gasteiger partial charge >= 0.3 is 0 Å². The molecule has 3 rings (SSSR count). The Kier molecular flexibility index (Phi) is 7.41. The molecule has 1 aromatic heterocycles. The summed E-state index contributed by atoms with van der Waals surface area (Å²) in [4.78, 5) is 18.1. The van der Waals surface area contributed by atoms with Gasteiger partial charge in [-0.05, 0) is 43.3 Å². The summed E-state index contributed by atoms with van der Waals surface area (Å²) in [5.74, 6) is -0.331. The van der Waals surface area contributed by atoms with Gasteiger partial charge in [-0.25, -0.2) is 18.1 Å². The molecule has 3 aromatic rings. The SMILES string of the molecule is Cc1sc(CNC(=O)c2ccc(S(=O)(=O)NCCC#N)cc2)nc1-c1ccc(Cl)cc1. The molecule has 0 radical (unpaired) electrons. The van der Waals surface area contributed by atoms with E-state index < -0.39 is 10.0 Å². The van der Waals surface area contributed by atoms with Gasteiger partial charge in [0.25, 0.3) is 5.91 Å². The maximum absolute atomic E-state index is 12.4. The van der Waals surface area contributed by atoms with Crippen LogP contribution < -0.4 is 10.0 Å². The second-order valence-electron chi connectivity index (χ2n) is 6.53. The molecule has 0 spiro atoms. The van der Waals surface area contributed by atoms with Crippen molar-refractivity contribution >= 4 is 38.9 Å². The zero-order valence-electron chi connectivity index (χ0n) is 16.6. The minimum atomic E-state index is -3.71. The van der Waals surface area contributed by atoms with Crippen LogP contribution in [0.4, 0.5) is 0 Å². The number of benzene rings is 2. The second kappa shape index (κ2) is 10.0. The van der Waals surface area contributed by atoms with Gasteiger partial charge in [0, 0.05) is 34.0 Å². The number of carbonyl (C=O) groups is 1. The number of nitriles is 1. The van der Waals surface area contributed by atoms with Gasteiger partial charge in [0.05, 0.1) is 23.2 Å². The zero-order valence-corrected chi connectivity index (χ0v) is 18.9. The van der Waals surface area contributed by atoms with E-state index in [2.05, 4.69) is 15.0 Å². The van der Waals surface area contributed by atoms with Crippen molar-refractivity contribution in [3.8, 4) is 17.3 Å². The van der Waals surface area contributed by atoms with Crippen molar-refractivity contribution in [3.63, 3.8) is 0 Å². The molecule has 0 aliphatic heterocycles. The van der Waals surface area contributed by atoms with E-state index in [1.54, 1.807) is 12.1 Å². The molecule has 2 aromatic carbocycles. The minimum absolute atomic E-state index is 0.0325. The van der Waals surface area contributed by atoms with Crippen LogP contribution in [-0.4, -0.2) is 25.9 Å². The molecule has 31 heavy (non-hydrogen) atoms. The molecule has 2 N–H and O–H groups in total. The molecule has 0 unspecified atom stereocenters. The molecule has 1 heterocycles. The van der Waals surface area contributed by atoms with E-state index in [-0.39, 0.29) is 30.3 Å². The summed E-state index contributed by atoms with van der Waals surface area (Å²) >= 11 is 7.43. The number of aromatic nitrogens is 1. The third-order valence-electron chi connectivity index (χ3n) is 4.31. The highest BCUT2D eigenvalue weighted by Gasteiger charge is 2.15. The van der Waals surface area contributed by atoms with E-state index in [1.807, 2.05) is 25.1 Å². The van der Waals surface area contributed by atoms with Gasteiger partial charge in [0.2, 0.25) is 10.0 Å². The van der Waals surface area contributed by atoms with Crippen molar-refractivity contribution in [3.05, 3.63) is 69.0 Å².